The maximum atomic E-state index is 4.78. The van der Waals surface area contributed by atoms with Gasteiger partial charge in [0.25, 0.3) is 0 Å². The van der Waals surface area contributed by atoms with Crippen molar-refractivity contribution in [1.29, 1.82) is 0 Å². The van der Waals surface area contributed by atoms with Gasteiger partial charge in [0, 0.05) is 0 Å². The molecule has 6 aromatic rings. The first-order valence-corrected chi connectivity index (χ1v) is 15.7. The Bertz CT molecular complexity index is 1700. The molecule has 2 aromatic carbocycles. The van der Waals surface area contributed by atoms with Gasteiger partial charge in [0.15, 0.2) is 0 Å². The van der Waals surface area contributed by atoms with Gasteiger partial charge in [-0.05, 0) is 120 Å². The second kappa shape index (κ2) is 11.5. The van der Waals surface area contributed by atoms with Crippen LogP contribution in [0, 0.1) is 27.7 Å². The first-order valence-electron chi connectivity index (χ1n) is 13.6. The van der Waals surface area contributed by atoms with Crippen molar-refractivity contribution in [2.75, 3.05) is 0 Å². The molecule has 0 fully saturated rings. The summed E-state index contributed by atoms with van der Waals surface area (Å²) in [6, 6.07) is 12.8. The molecule has 0 unspecified atom stereocenters. The summed E-state index contributed by atoms with van der Waals surface area (Å²) in [6.45, 7) is 13.6. The highest BCUT2D eigenvalue weighted by Gasteiger charge is 2.24. The monoisotopic (exact) mass is 598 g/mol. The van der Waals surface area contributed by atoms with Crippen LogP contribution >= 0.6 is 21.6 Å². The topological polar surface area (TPSA) is 123 Å². The van der Waals surface area contributed by atoms with Gasteiger partial charge in [0.05, 0.1) is 48.0 Å². The van der Waals surface area contributed by atoms with E-state index in [1.165, 1.54) is 0 Å². The van der Waals surface area contributed by atoms with Crippen molar-refractivity contribution in [2.45, 2.75) is 64.7 Å². The summed E-state index contributed by atoms with van der Waals surface area (Å²) in [6.07, 6.45) is 3.60. The van der Waals surface area contributed by atoms with E-state index in [4.69, 9.17) is 10.2 Å². The van der Waals surface area contributed by atoms with E-state index in [1.807, 2.05) is 23.2 Å². The molecule has 0 saturated carbocycles. The van der Waals surface area contributed by atoms with Gasteiger partial charge in [-0.3, -0.25) is 0 Å². The number of aromatic nitrogens is 12. The first kappa shape index (κ1) is 27.8. The number of benzene rings is 2. The zero-order valence-electron chi connectivity index (χ0n) is 24.2. The van der Waals surface area contributed by atoms with Crippen LogP contribution in [-0.4, -0.2) is 60.0 Å². The lowest BCUT2D eigenvalue weighted by Crippen LogP contribution is -2.01. The third-order valence-electron chi connectivity index (χ3n) is 6.50. The molecular formula is C28H30N12S2. The van der Waals surface area contributed by atoms with E-state index < -0.39 is 0 Å². The van der Waals surface area contributed by atoms with Crippen molar-refractivity contribution < 1.29 is 0 Å². The highest BCUT2D eigenvalue weighted by Crippen LogP contribution is 2.45. The van der Waals surface area contributed by atoms with Gasteiger partial charge in [0.2, 0.25) is 11.6 Å². The van der Waals surface area contributed by atoms with Crippen LogP contribution in [0.25, 0.3) is 34.2 Å². The van der Waals surface area contributed by atoms with Crippen LogP contribution < -0.4 is 0 Å². The molecule has 42 heavy (non-hydrogen) atoms. The molecule has 0 N–H and O–H groups in total. The van der Waals surface area contributed by atoms with Crippen LogP contribution in [0.15, 0.2) is 58.8 Å². The summed E-state index contributed by atoms with van der Waals surface area (Å²) in [7, 11) is 3.10. The fourth-order valence-electron chi connectivity index (χ4n) is 4.70. The number of nitrogens with zero attached hydrogens (tertiary/aromatic N) is 12. The molecular weight excluding hydrogens is 569 g/mol. The van der Waals surface area contributed by atoms with Crippen molar-refractivity contribution >= 4 is 21.6 Å². The first-order chi connectivity index (χ1) is 20.3. The average Bonchev–Trinajstić information content (AvgIpc) is 3.75. The van der Waals surface area contributed by atoms with Crippen molar-refractivity contribution in [3.63, 3.8) is 0 Å². The van der Waals surface area contributed by atoms with Gasteiger partial charge < -0.3 is 0 Å². The maximum absolute atomic E-state index is 4.78. The van der Waals surface area contributed by atoms with E-state index in [2.05, 4.69) is 94.9 Å². The molecule has 0 aliphatic heterocycles. The second-order valence-corrected chi connectivity index (χ2v) is 12.1. The van der Waals surface area contributed by atoms with Crippen LogP contribution in [-0.2, 0) is 13.1 Å². The smallest absolute Gasteiger partial charge is 0.209 e. The zero-order valence-corrected chi connectivity index (χ0v) is 25.8. The fraction of sp³-hybridized carbons (Fsp3) is 0.286. The number of aryl methyl sites for hydroxylation is 6. The summed E-state index contributed by atoms with van der Waals surface area (Å²) in [5.74, 6) is 1.04. The highest BCUT2D eigenvalue weighted by molar-refractivity contribution is 8.76. The normalized spacial score (nSPS) is 11.5. The summed E-state index contributed by atoms with van der Waals surface area (Å²) >= 11 is 0. The summed E-state index contributed by atoms with van der Waals surface area (Å²) in [5, 5.41) is 37.5. The Labute approximate surface area is 250 Å². The number of hydrogen-bond donors (Lipinski definition) is 0. The lowest BCUT2D eigenvalue weighted by Gasteiger charge is -2.12. The Morgan fingerprint density at radius 1 is 0.571 bits per heavy atom. The maximum Gasteiger partial charge on any atom is 0.209 e. The SMILES string of the molecule is CCn1nnc(-c2cnn(-c3cc(C)cc(C)c3)c2SSc2c(-c3nnn(CC)n3)cnn2-c2cc(C)cc(C)c2)n1. The molecule has 0 saturated heterocycles. The lowest BCUT2D eigenvalue weighted by atomic mass is 10.1. The molecule has 4 aromatic heterocycles. The predicted octanol–water partition coefficient (Wildman–Crippen LogP) is 5.44. The van der Waals surface area contributed by atoms with Crippen molar-refractivity contribution in [3.8, 4) is 34.2 Å². The van der Waals surface area contributed by atoms with Gasteiger partial charge in [-0.2, -0.15) is 19.8 Å². The largest absolute Gasteiger partial charge is 0.226 e. The highest BCUT2D eigenvalue weighted by atomic mass is 33.1. The number of tetrazole rings is 2. The fourth-order valence-corrected chi connectivity index (χ4v) is 7.21. The molecule has 0 radical (unpaired) electrons. The molecule has 12 nitrogen and oxygen atoms in total. The zero-order chi connectivity index (χ0) is 29.4. The second-order valence-electron chi connectivity index (χ2n) is 10.0. The molecule has 14 heteroatoms. The molecule has 6 rings (SSSR count). The van der Waals surface area contributed by atoms with E-state index in [0.29, 0.717) is 24.7 Å². The molecule has 0 aliphatic carbocycles. The van der Waals surface area contributed by atoms with Gasteiger partial charge >= 0.3 is 0 Å². The van der Waals surface area contributed by atoms with E-state index in [0.717, 1.165) is 54.8 Å². The summed E-state index contributed by atoms with van der Waals surface area (Å²) < 4.78 is 3.87. The van der Waals surface area contributed by atoms with Crippen molar-refractivity contribution in [3.05, 3.63) is 71.0 Å². The van der Waals surface area contributed by atoms with Gasteiger partial charge in [-0.25, -0.2) is 9.36 Å². The minimum atomic E-state index is 0.520. The van der Waals surface area contributed by atoms with E-state index in [1.54, 1.807) is 43.6 Å². The van der Waals surface area contributed by atoms with Crippen LogP contribution in [0.3, 0.4) is 0 Å². The molecule has 0 spiro atoms. The summed E-state index contributed by atoms with van der Waals surface area (Å²) in [5.41, 5.74) is 8.12. The van der Waals surface area contributed by atoms with Crippen LogP contribution in [0.5, 0.6) is 0 Å². The molecule has 0 bridgehead atoms. The molecule has 0 aliphatic rings. The third kappa shape index (κ3) is 5.46. The third-order valence-corrected chi connectivity index (χ3v) is 8.89. The predicted molar refractivity (Wildman–Crippen MR) is 163 cm³/mol. The number of rotatable bonds is 9. The van der Waals surface area contributed by atoms with Gasteiger partial charge in [-0.15, -0.1) is 20.4 Å². The quantitative estimate of drug-likeness (QED) is 0.199. The summed E-state index contributed by atoms with van der Waals surface area (Å²) in [4.78, 5) is 3.14. The van der Waals surface area contributed by atoms with Crippen LogP contribution in [0.2, 0.25) is 0 Å². The van der Waals surface area contributed by atoms with E-state index in [-0.39, 0.29) is 0 Å². The minimum Gasteiger partial charge on any atom is -0.226 e. The van der Waals surface area contributed by atoms with Gasteiger partial charge in [-0.1, -0.05) is 12.1 Å². The lowest BCUT2D eigenvalue weighted by molar-refractivity contribution is 0.552. The van der Waals surface area contributed by atoms with E-state index >= 15 is 0 Å². The molecule has 4 heterocycles. The average molecular weight is 599 g/mol. The van der Waals surface area contributed by atoms with Gasteiger partial charge in [0.1, 0.15) is 10.1 Å². The molecule has 0 atom stereocenters. The minimum absolute atomic E-state index is 0.520. The standard InChI is InChI=1S/C28H30N12S2/c1-7-37-33-25(31-35-37)23-15-29-39(21-11-17(3)9-18(4)12-21)27(23)41-42-28-24(26-32-36-38(8-2)34-26)16-30-40(28)22-13-19(5)10-20(6)14-22/h9-16H,7-8H2,1-6H3. The Balaban J connectivity index is 1.47. The Hall–Kier alpha value is -4.30. The van der Waals surface area contributed by atoms with Crippen molar-refractivity contribution in [2.24, 2.45) is 0 Å². The Morgan fingerprint density at radius 2 is 0.952 bits per heavy atom. The number of hydrogen-bond acceptors (Lipinski definition) is 10. The Morgan fingerprint density at radius 3 is 1.29 bits per heavy atom. The molecule has 0 amide bonds. The van der Waals surface area contributed by atoms with Crippen LogP contribution in [0.4, 0.5) is 0 Å². The molecule has 214 valence electrons. The van der Waals surface area contributed by atoms with Crippen molar-refractivity contribution in [1.82, 2.24) is 60.0 Å². The van der Waals surface area contributed by atoms with Crippen LogP contribution in [0.1, 0.15) is 36.1 Å². The Kier molecular flexibility index (Phi) is 7.64. The van der Waals surface area contributed by atoms with E-state index in [9.17, 15) is 0 Å².